The Morgan fingerprint density at radius 3 is 2.76 bits per heavy atom. The highest BCUT2D eigenvalue weighted by atomic mass is 32.2. The van der Waals surface area contributed by atoms with Crippen LogP contribution in [0.5, 0.6) is 0 Å². The number of ketones is 1. The molecule has 7 nitrogen and oxygen atoms in total. The Labute approximate surface area is 175 Å². The molecule has 1 aromatic heterocycles. The summed E-state index contributed by atoms with van der Waals surface area (Å²) in [4.78, 5) is 17.4. The van der Waals surface area contributed by atoms with E-state index in [4.69, 9.17) is 9.72 Å². The van der Waals surface area contributed by atoms with E-state index < -0.39 is 10.0 Å². The summed E-state index contributed by atoms with van der Waals surface area (Å²) in [6.45, 7) is 4.33. The topological polar surface area (TPSA) is 81.5 Å². The Morgan fingerprint density at radius 2 is 2.00 bits per heavy atom. The number of sulfonamides is 1. The number of rotatable bonds is 5. The maximum Gasteiger partial charge on any atom is 0.243 e. The molecule has 1 saturated carbocycles. The zero-order chi connectivity index (χ0) is 20.4. The highest BCUT2D eigenvalue weighted by Gasteiger charge is 2.28. The summed E-state index contributed by atoms with van der Waals surface area (Å²) in [6, 6.07) is 5.15. The number of fused-ring (bicyclic) bond motifs is 1. The molecule has 29 heavy (non-hydrogen) atoms. The minimum absolute atomic E-state index is 0.0591. The van der Waals surface area contributed by atoms with Crippen LogP contribution in [0.3, 0.4) is 0 Å². The Balaban J connectivity index is 1.66. The number of imidazole rings is 1. The molecule has 1 aliphatic carbocycles. The van der Waals surface area contributed by atoms with Gasteiger partial charge in [0.15, 0.2) is 5.16 Å². The van der Waals surface area contributed by atoms with Gasteiger partial charge in [-0.1, -0.05) is 24.6 Å². The van der Waals surface area contributed by atoms with Gasteiger partial charge in [-0.3, -0.25) is 4.79 Å². The summed E-state index contributed by atoms with van der Waals surface area (Å²) in [5, 5.41) is 0.736. The van der Waals surface area contributed by atoms with Gasteiger partial charge in [-0.25, -0.2) is 13.4 Å². The minimum Gasteiger partial charge on any atom is -0.379 e. The average Bonchev–Trinajstić information content (AvgIpc) is 2.96. The lowest BCUT2D eigenvalue weighted by Crippen LogP contribution is -2.40. The molecule has 9 heteroatoms. The van der Waals surface area contributed by atoms with E-state index in [1.54, 1.807) is 12.1 Å². The molecule has 4 rings (SSSR count). The Hall–Kier alpha value is -1.42. The third-order valence-electron chi connectivity index (χ3n) is 5.61. The number of hydrogen-bond acceptors (Lipinski definition) is 6. The maximum atomic E-state index is 13.0. The Bertz CT molecular complexity index is 997. The van der Waals surface area contributed by atoms with Crippen molar-refractivity contribution >= 4 is 38.6 Å². The van der Waals surface area contributed by atoms with Crippen LogP contribution < -0.4 is 0 Å². The van der Waals surface area contributed by atoms with Crippen molar-refractivity contribution in [2.75, 3.05) is 26.3 Å². The fourth-order valence-corrected chi connectivity index (χ4v) is 6.68. The number of Topliss-reactive ketones (excluding diaryl/α,β-unsaturated/α-hetero) is 1. The summed E-state index contributed by atoms with van der Waals surface area (Å²) in [7, 11) is -3.56. The number of aromatic nitrogens is 2. The Morgan fingerprint density at radius 1 is 1.21 bits per heavy atom. The summed E-state index contributed by atoms with van der Waals surface area (Å²) in [6.07, 6.45) is 4.68. The van der Waals surface area contributed by atoms with Crippen molar-refractivity contribution in [3.63, 3.8) is 0 Å². The molecule has 1 atom stereocenters. The van der Waals surface area contributed by atoms with Crippen molar-refractivity contribution in [3.8, 4) is 0 Å². The molecule has 1 aliphatic heterocycles. The molecular formula is C20H27N3O4S2. The number of thioether (sulfide) groups is 1. The van der Waals surface area contributed by atoms with Gasteiger partial charge in [-0.05, 0) is 38.0 Å². The molecule has 1 aromatic carbocycles. The number of morpholine rings is 1. The van der Waals surface area contributed by atoms with Crippen molar-refractivity contribution in [1.29, 1.82) is 0 Å². The lowest BCUT2D eigenvalue weighted by Gasteiger charge is -2.26. The van der Waals surface area contributed by atoms with E-state index in [0.717, 1.165) is 42.9 Å². The van der Waals surface area contributed by atoms with Gasteiger partial charge in [0.1, 0.15) is 5.78 Å². The molecule has 2 fully saturated rings. The normalized spacial score (nSPS) is 22.1. The van der Waals surface area contributed by atoms with Gasteiger partial charge in [0.25, 0.3) is 0 Å². The molecule has 1 saturated heterocycles. The van der Waals surface area contributed by atoms with Crippen LogP contribution in [0.1, 0.15) is 39.0 Å². The van der Waals surface area contributed by atoms with Crippen LogP contribution in [-0.2, 0) is 26.1 Å². The molecule has 158 valence electrons. The zero-order valence-electron chi connectivity index (χ0n) is 16.7. The van der Waals surface area contributed by atoms with E-state index in [9.17, 15) is 13.2 Å². The maximum absolute atomic E-state index is 13.0. The monoisotopic (exact) mass is 437 g/mol. The van der Waals surface area contributed by atoms with Crippen LogP contribution in [0.15, 0.2) is 28.3 Å². The van der Waals surface area contributed by atoms with Gasteiger partial charge in [-0.2, -0.15) is 4.31 Å². The van der Waals surface area contributed by atoms with Crippen LogP contribution in [0.4, 0.5) is 0 Å². The standard InChI is InChI=1S/C20H27N3O4S2/c1-2-23-17-9-8-15(29(25,26)22-10-12-27-13-11-22)14-16(17)21-20(23)28-19-7-5-3-4-6-18(19)24/h8-9,14,19H,2-7,10-13H2,1H3. The highest BCUT2D eigenvalue weighted by molar-refractivity contribution is 8.00. The summed E-state index contributed by atoms with van der Waals surface area (Å²) >= 11 is 1.53. The van der Waals surface area contributed by atoms with E-state index in [0.29, 0.717) is 44.0 Å². The lowest BCUT2D eigenvalue weighted by atomic mass is 10.2. The molecule has 0 spiro atoms. The van der Waals surface area contributed by atoms with Gasteiger partial charge in [0, 0.05) is 26.1 Å². The number of nitrogens with zero attached hydrogens (tertiary/aromatic N) is 3. The van der Waals surface area contributed by atoms with Crippen LogP contribution in [0.2, 0.25) is 0 Å². The summed E-state index contributed by atoms with van der Waals surface area (Å²) in [5.41, 5.74) is 1.56. The predicted octanol–water partition coefficient (Wildman–Crippen LogP) is 3.07. The van der Waals surface area contributed by atoms with Gasteiger partial charge >= 0.3 is 0 Å². The van der Waals surface area contributed by atoms with E-state index in [2.05, 4.69) is 4.57 Å². The van der Waals surface area contributed by atoms with Crippen molar-refractivity contribution in [2.45, 2.75) is 60.9 Å². The van der Waals surface area contributed by atoms with Gasteiger partial charge in [0.05, 0.1) is 34.4 Å². The van der Waals surface area contributed by atoms with E-state index in [-0.39, 0.29) is 10.1 Å². The first-order valence-corrected chi connectivity index (χ1v) is 12.6. The van der Waals surface area contributed by atoms with Crippen LogP contribution in [0.25, 0.3) is 11.0 Å². The Kier molecular flexibility index (Phi) is 6.29. The molecule has 2 heterocycles. The third kappa shape index (κ3) is 4.23. The highest BCUT2D eigenvalue weighted by Crippen LogP contribution is 2.33. The first kappa shape index (κ1) is 20.8. The quantitative estimate of drug-likeness (QED) is 0.669. The number of carbonyl (C=O) groups excluding carboxylic acids is 1. The molecule has 2 aromatic rings. The predicted molar refractivity (Wildman–Crippen MR) is 113 cm³/mol. The zero-order valence-corrected chi connectivity index (χ0v) is 18.3. The van der Waals surface area contributed by atoms with Crippen molar-refractivity contribution in [3.05, 3.63) is 18.2 Å². The summed E-state index contributed by atoms with van der Waals surface area (Å²) in [5.74, 6) is 0.304. The average molecular weight is 438 g/mol. The molecule has 0 bridgehead atoms. The molecule has 0 amide bonds. The van der Waals surface area contributed by atoms with E-state index >= 15 is 0 Å². The van der Waals surface area contributed by atoms with Crippen molar-refractivity contribution in [1.82, 2.24) is 13.9 Å². The SMILES string of the molecule is CCn1c(SC2CCCCCC2=O)nc2cc(S(=O)(=O)N3CCOCC3)ccc21. The van der Waals surface area contributed by atoms with E-state index in [1.807, 2.05) is 13.0 Å². The molecule has 0 radical (unpaired) electrons. The van der Waals surface area contributed by atoms with Crippen molar-refractivity contribution < 1.29 is 17.9 Å². The largest absolute Gasteiger partial charge is 0.379 e. The van der Waals surface area contributed by atoms with Gasteiger partial charge in [-0.15, -0.1) is 0 Å². The van der Waals surface area contributed by atoms with Crippen LogP contribution in [-0.4, -0.2) is 59.6 Å². The molecule has 1 unspecified atom stereocenters. The number of benzene rings is 1. The fraction of sp³-hybridized carbons (Fsp3) is 0.600. The second-order valence-corrected chi connectivity index (χ2v) is 10.6. The molecule has 0 N–H and O–H groups in total. The first-order chi connectivity index (χ1) is 14.0. The smallest absolute Gasteiger partial charge is 0.243 e. The van der Waals surface area contributed by atoms with Gasteiger partial charge in [0.2, 0.25) is 10.0 Å². The van der Waals surface area contributed by atoms with Crippen LogP contribution >= 0.6 is 11.8 Å². The third-order valence-corrected chi connectivity index (χ3v) is 8.81. The van der Waals surface area contributed by atoms with Crippen molar-refractivity contribution in [2.24, 2.45) is 0 Å². The second-order valence-electron chi connectivity index (χ2n) is 7.48. The summed E-state index contributed by atoms with van der Waals surface area (Å²) < 4.78 is 34.8. The second kappa shape index (κ2) is 8.75. The molecule has 2 aliphatic rings. The van der Waals surface area contributed by atoms with Crippen LogP contribution in [0, 0.1) is 0 Å². The lowest BCUT2D eigenvalue weighted by molar-refractivity contribution is -0.118. The fourth-order valence-electron chi connectivity index (χ4n) is 3.96. The molecular weight excluding hydrogens is 410 g/mol. The first-order valence-electron chi connectivity index (χ1n) is 10.3. The number of aryl methyl sites for hydroxylation is 1. The number of hydrogen-bond donors (Lipinski definition) is 0. The van der Waals surface area contributed by atoms with Gasteiger partial charge < -0.3 is 9.30 Å². The van der Waals surface area contributed by atoms with E-state index in [1.165, 1.54) is 16.1 Å². The number of ether oxygens (including phenoxy) is 1. The minimum atomic E-state index is -3.56. The number of carbonyl (C=O) groups is 1.